The summed E-state index contributed by atoms with van der Waals surface area (Å²) in [6.45, 7) is 0.639. The van der Waals surface area contributed by atoms with Crippen molar-refractivity contribution < 1.29 is 4.79 Å². The number of fused-ring (bicyclic) bond motifs is 2. The highest BCUT2D eigenvalue weighted by Crippen LogP contribution is 2.19. The summed E-state index contributed by atoms with van der Waals surface area (Å²) in [5, 5.41) is 3.19. The molecule has 0 saturated heterocycles. The van der Waals surface area contributed by atoms with Crippen LogP contribution in [0.4, 0.5) is 0 Å². The van der Waals surface area contributed by atoms with Gasteiger partial charge in [0.05, 0.1) is 28.8 Å². The van der Waals surface area contributed by atoms with E-state index in [1.807, 2.05) is 58.5 Å². The van der Waals surface area contributed by atoms with Gasteiger partial charge in [-0.3, -0.25) is 9.59 Å². The molecule has 2 aromatic heterocycles. The maximum absolute atomic E-state index is 12.8. The number of pyridine rings is 1. The van der Waals surface area contributed by atoms with Crippen molar-refractivity contribution in [2.45, 2.75) is 13.1 Å². The Hall–Kier alpha value is -2.99. The van der Waals surface area contributed by atoms with Gasteiger partial charge in [-0.25, -0.2) is 4.98 Å². The number of nitrogens with zero attached hydrogens (tertiary/aromatic N) is 3. The van der Waals surface area contributed by atoms with E-state index < -0.39 is 0 Å². The van der Waals surface area contributed by atoms with Crippen molar-refractivity contribution >= 4 is 39.0 Å². The van der Waals surface area contributed by atoms with E-state index in [4.69, 9.17) is 0 Å². The van der Waals surface area contributed by atoms with Crippen molar-refractivity contribution in [1.29, 1.82) is 0 Å². The van der Waals surface area contributed by atoms with E-state index >= 15 is 0 Å². The van der Waals surface area contributed by atoms with E-state index in [-0.39, 0.29) is 17.9 Å². The van der Waals surface area contributed by atoms with Crippen LogP contribution in [-0.2, 0) is 17.9 Å². The largest absolute Gasteiger partial charge is 0.338 e. The molecule has 2 aromatic carbocycles. The first kappa shape index (κ1) is 16.5. The molecular weight excluding hydrogens is 346 g/mol. The predicted molar refractivity (Wildman–Crippen MR) is 104 cm³/mol. The van der Waals surface area contributed by atoms with Gasteiger partial charge in [0.2, 0.25) is 5.91 Å². The van der Waals surface area contributed by atoms with Crippen molar-refractivity contribution in [3.8, 4) is 0 Å². The normalized spacial score (nSPS) is 11.1. The average Bonchev–Trinajstić information content (AvgIpc) is 3.18. The van der Waals surface area contributed by atoms with Crippen LogP contribution in [0.15, 0.2) is 64.2 Å². The second-order valence-electron chi connectivity index (χ2n) is 6.18. The first-order valence-corrected chi connectivity index (χ1v) is 9.21. The maximum Gasteiger partial charge on any atom is 0.242 e. The first-order valence-electron chi connectivity index (χ1n) is 8.26. The van der Waals surface area contributed by atoms with Crippen LogP contribution in [0.5, 0.6) is 0 Å². The van der Waals surface area contributed by atoms with Gasteiger partial charge in [-0.15, -0.1) is 11.3 Å². The summed E-state index contributed by atoms with van der Waals surface area (Å²) >= 11 is 1.51. The zero-order valence-corrected chi connectivity index (χ0v) is 15.1. The van der Waals surface area contributed by atoms with Crippen molar-refractivity contribution in [3.63, 3.8) is 0 Å². The number of aromatic nitrogens is 2. The van der Waals surface area contributed by atoms with Crippen LogP contribution >= 0.6 is 11.3 Å². The van der Waals surface area contributed by atoms with Crippen LogP contribution in [0, 0.1) is 0 Å². The molecule has 0 aliphatic rings. The average molecular weight is 363 g/mol. The van der Waals surface area contributed by atoms with Gasteiger partial charge >= 0.3 is 0 Å². The van der Waals surface area contributed by atoms with Crippen molar-refractivity contribution in [2.24, 2.45) is 0 Å². The Morgan fingerprint density at radius 3 is 2.27 bits per heavy atom. The van der Waals surface area contributed by atoms with E-state index in [2.05, 4.69) is 4.98 Å². The van der Waals surface area contributed by atoms with Gasteiger partial charge < -0.3 is 9.47 Å². The third-order valence-corrected chi connectivity index (χ3v) is 5.12. The van der Waals surface area contributed by atoms with E-state index in [1.165, 1.54) is 11.3 Å². The summed E-state index contributed by atoms with van der Waals surface area (Å²) in [6, 6.07) is 14.9. The van der Waals surface area contributed by atoms with Crippen LogP contribution in [0.1, 0.15) is 5.69 Å². The van der Waals surface area contributed by atoms with Gasteiger partial charge in [0.15, 0.2) is 5.43 Å². The fraction of sp³-hybridized carbons (Fsp3) is 0.150. The molecule has 0 fully saturated rings. The second-order valence-corrected chi connectivity index (χ2v) is 6.90. The molecule has 0 unspecified atom stereocenters. The molecule has 4 aromatic rings. The molecule has 0 radical (unpaired) electrons. The molecule has 4 rings (SSSR count). The molecule has 0 aliphatic heterocycles. The topological polar surface area (TPSA) is 55.2 Å². The van der Waals surface area contributed by atoms with Crippen molar-refractivity contribution in [2.75, 3.05) is 7.05 Å². The fourth-order valence-corrected chi connectivity index (χ4v) is 3.70. The number of amides is 1. The zero-order valence-electron chi connectivity index (χ0n) is 14.3. The number of benzene rings is 2. The van der Waals surface area contributed by atoms with Gasteiger partial charge in [-0.2, -0.15) is 0 Å². The third-order valence-electron chi connectivity index (χ3n) is 4.48. The van der Waals surface area contributed by atoms with Crippen LogP contribution in [0.25, 0.3) is 21.8 Å². The number of rotatable bonds is 4. The van der Waals surface area contributed by atoms with Gasteiger partial charge in [0.25, 0.3) is 0 Å². The molecule has 0 N–H and O–H groups in total. The van der Waals surface area contributed by atoms with Crippen molar-refractivity contribution in [3.05, 3.63) is 75.3 Å². The van der Waals surface area contributed by atoms with Gasteiger partial charge in [0.1, 0.15) is 6.54 Å². The highest BCUT2D eigenvalue weighted by molar-refractivity contribution is 7.07. The van der Waals surface area contributed by atoms with Crippen LogP contribution in [0.3, 0.4) is 0 Å². The molecule has 0 spiro atoms. The molecular formula is C20H17N3O2S. The SMILES string of the molecule is CN(Cc1cscn1)C(=O)Cn1c2ccccc2c(=O)c2ccccc21. The molecule has 26 heavy (non-hydrogen) atoms. The lowest BCUT2D eigenvalue weighted by Gasteiger charge is -2.19. The lowest BCUT2D eigenvalue weighted by molar-refractivity contribution is -0.130. The predicted octanol–water partition coefficient (Wildman–Crippen LogP) is 3.27. The van der Waals surface area contributed by atoms with E-state index in [9.17, 15) is 9.59 Å². The standard InChI is InChI=1S/C20H17N3O2S/c1-22(10-14-12-26-13-21-14)19(24)11-23-17-8-4-2-6-15(17)20(25)16-7-3-5-9-18(16)23/h2-9,12-13H,10-11H2,1H3. The number of hydrogen-bond acceptors (Lipinski definition) is 4. The van der Waals surface area contributed by atoms with Crippen LogP contribution in [-0.4, -0.2) is 27.4 Å². The quantitative estimate of drug-likeness (QED) is 0.523. The van der Waals surface area contributed by atoms with E-state index in [0.29, 0.717) is 17.3 Å². The molecule has 0 aliphatic carbocycles. The Bertz CT molecular complexity index is 1090. The summed E-state index contributed by atoms with van der Waals surface area (Å²) in [4.78, 5) is 31.5. The molecule has 0 atom stereocenters. The molecule has 5 nitrogen and oxygen atoms in total. The molecule has 1 amide bonds. The van der Waals surface area contributed by atoms with Gasteiger partial charge in [-0.1, -0.05) is 24.3 Å². The number of likely N-dealkylation sites (N-methyl/N-ethyl adjacent to an activating group) is 1. The minimum Gasteiger partial charge on any atom is -0.338 e. The number of thiazole rings is 1. The Balaban J connectivity index is 1.78. The molecule has 0 bridgehead atoms. The van der Waals surface area contributed by atoms with Crippen LogP contribution < -0.4 is 5.43 Å². The van der Waals surface area contributed by atoms with Gasteiger partial charge in [0, 0.05) is 23.2 Å². The number of carbonyl (C=O) groups excluding carboxylic acids is 1. The Morgan fingerprint density at radius 2 is 1.69 bits per heavy atom. The van der Waals surface area contributed by atoms with Gasteiger partial charge in [-0.05, 0) is 24.3 Å². The smallest absolute Gasteiger partial charge is 0.242 e. The number of hydrogen-bond donors (Lipinski definition) is 0. The Morgan fingerprint density at radius 1 is 1.08 bits per heavy atom. The molecule has 6 heteroatoms. The highest BCUT2D eigenvalue weighted by atomic mass is 32.1. The highest BCUT2D eigenvalue weighted by Gasteiger charge is 2.15. The number of carbonyl (C=O) groups is 1. The van der Waals surface area contributed by atoms with Crippen molar-refractivity contribution in [1.82, 2.24) is 14.5 Å². The lowest BCUT2D eigenvalue weighted by Crippen LogP contribution is -2.30. The molecule has 130 valence electrons. The Labute approximate surface area is 154 Å². The minimum absolute atomic E-state index is 0.00396. The van der Waals surface area contributed by atoms with E-state index in [0.717, 1.165) is 16.7 Å². The minimum atomic E-state index is -0.0306. The zero-order chi connectivity index (χ0) is 18.1. The van der Waals surface area contributed by atoms with Crippen LogP contribution in [0.2, 0.25) is 0 Å². The summed E-state index contributed by atoms with van der Waals surface area (Å²) in [6.07, 6.45) is 0. The molecule has 0 saturated carbocycles. The fourth-order valence-electron chi connectivity index (χ4n) is 3.15. The monoisotopic (exact) mass is 363 g/mol. The summed E-state index contributed by atoms with van der Waals surface area (Å²) < 4.78 is 1.92. The maximum atomic E-state index is 12.8. The summed E-state index contributed by atoms with van der Waals surface area (Å²) in [7, 11) is 1.77. The first-order chi connectivity index (χ1) is 12.6. The van der Waals surface area contributed by atoms with E-state index in [1.54, 1.807) is 17.5 Å². The summed E-state index contributed by atoms with van der Waals surface area (Å²) in [5.41, 5.74) is 4.17. The summed E-state index contributed by atoms with van der Waals surface area (Å²) in [5.74, 6) is -0.0306. The number of para-hydroxylation sites is 2. The Kier molecular flexibility index (Phi) is 4.26. The lowest BCUT2D eigenvalue weighted by atomic mass is 10.1. The second kappa shape index (κ2) is 6.72. The third kappa shape index (κ3) is 2.88. The molecule has 2 heterocycles.